The second-order valence-corrected chi connectivity index (χ2v) is 4.41. The molecule has 0 unspecified atom stereocenters. The van der Waals surface area contributed by atoms with Crippen molar-refractivity contribution in [1.82, 2.24) is 5.06 Å². The Bertz CT molecular complexity index is 426. The molecule has 1 fully saturated rings. The molecule has 1 amide bonds. The van der Waals surface area contributed by atoms with Gasteiger partial charge in [-0.2, -0.15) is 0 Å². The van der Waals surface area contributed by atoms with Gasteiger partial charge < -0.3 is 4.74 Å². The summed E-state index contributed by atoms with van der Waals surface area (Å²) in [4.78, 5) is 17.8. The highest BCUT2D eigenvalue weighted by atomic mass is 16.7. The average molecular weight is 233 g/mol. The van der Waals surface area contributed by atoms with E-state index in [1.165, 1.54) is 5.06 Å². The largest absolute Gasteiger partial charge is 0.379 e. The summed E-state index contributed by atoms with van der Waals surface area (Å²) in [6, 6.07) is 7.72. The predicted octanol–water partition coefficient (Wildman–Crippen LogP) is 1.41. The number of carbonyl (C=O) groups is 1. The van der Waals surface area contributed by atoms with Crippen LogP contribution in [0.5, 0.6) is 0 Å². The Morgan fingerprint density at radius 2 is 2.24 bits per heavy atom. The highest BCUT2D eigenvalue weighted by Gasteiger charge is 2.28. The molecule has 2 aliphatic rings. The van der Waals surface area contributed by atoms with E-state index in [-0.39, 0.29) is 12.0 Å². The fourth-order valence-electron chi connectivity index (χ4n) is 2.28. The second kappa shape index (κ2) is 4.47. The van der Waals surface area contributed by atoms with E-state index in [1.54, 1.807) is 0 Å². The molecule has 1 aromatic rings. The van der Waals surface area contributed by atoms with E-state index in [9.17, 15) is 4.79 Å². The van der Waals surface area contributed by atoms with Gasteiger partial charge in [-0.15, -0.1) is 0 Å². The van der Waals surface area contributed by atoms with Gasteiger partial charge in [-0.05, 0) is 18.1 Å². The van der Waals surface area contributed by atoms with Gasteiger partial charge in [0, 0.05) is 18.6 Å². The van der Waals surface area contributed by atoms with Crippen LogP contribution in [0.25, 0.3) is 0 Å². The van der Waals surface area contributed by atoms with E-state index >= 15 is 0 Å². The lowest BCUT2D eigenvalue weighted by Gasteiger charge is -2.29. The lowest BCUT2D eigenvalue weighted by molar-refractivity contribution is -0.163. The number of nitrogens with zero attached hydrogens (tertiary/aromatic N) is 1. The van der Waals surface area contributed by atoms with Crippen molar-refractivity contribution in [2.75, 3.05) is 19.8 Å². The van der Waals surface area contributed by atoms with Gasteiger partial charge in [-0.3, -0.25) is 9.63 Å². The summed E-state index contributed by atoms with van der Waals surface area (Å²) >= 11 is 0. The third kappa shape index (κ3) is 2.06. The summed E-state index contributed by atoms with van der Waals surface area (Å²) in [5.41, 5.74) is 1.87. The van der Waals surface area contributed by atoms with Crippen LogP contribution in [0.1, 0.15) is 22.3 Å². The number of hydroxylamine groups is 2. The molecule has 4 nitrogen and oxygen atoms in total. The van der Waals surface area contributed by atoms with E-state index in [0.717, 1.165) is 30.6 Å². The van der Waals surface area contributed by atoms with Gasteiger partial charge in [0.25, 0.3) is 5.91 Å². The zero-order valence-electron chi connectivity index (χ0n) is 9.59. The molecule has 0 radical (unpaired) electrons. The molecule has 4 heteroatoms. The molecule has 1 atom stereocenters. The van der Waals surface area contributed by atoms with E-state index in [4.69, 9.17) is 9.57 Å². The van der Waals surface area contributed by atoms with Crippen LogP contribution >= 0.6 is 0 Å². The van der Waals surface area contributed by atoms with Gasteiger partial charge in [0.15, 0.2) is 0 Å². The molecular formula is C13H15NO3. The van der Waals surface area contributed by atoms with Gasteiger partial charge in [-0.25, -0.2) is 5.06 Å². The first-order valence-corrected chi connectivity index (χ1v) is 5.99. The molecule has 2 aliphatic heterocycles. The van der Waals surface area contributed by atoms with Crippen molar-refractivity contribution in [2.24, 2.45) is 0 Å². The number of hydrogen-bond acceptors (Lipinski definition) is 3. The monoisotopic (exact) mass is 233 g/mol. The Morgan fingerprint density at radius 1 is 1.35 bits per heavy atom. The molecule has 0 saturated carbocycles. The molecule has 3 rings (SSSR count). The molecule has 1 saturated heterocycles. The molecule has 0 aliphatic carbocycles. The van der Waals surface area contributed by atoms with Crippen LogP contribution in [0.15, 0.2) is 24.3 Å². The number of rotatable bonds is 2. The molecule has 90 valence electrons. The van der Waals surface area contributed by atoms with Gasteiger partial charge in [0.1, 0.15) is 6.10 Å². The van der Waals surface area contributed by atoms with Crippen LogP contribution in [-0.2, 0) is 16.0 Å². The second-order valence-electron chi connectivity index (χ2n) is 4.41. The maximum Gasteiger partial charge on any atom is 0.277 e. The number of carbonyl (C=O) groups excluding carboxylic acids is 1. The van der Waals surface area contributed by atoms with Crippen LogP contribution in [0.2, 0.25) is 0 Å². The first-order valence-electron chi connectivity index (χ1n) is 5.99. The van der Waals surface area contributed by atoms with Crippen molar-refractivity contribution in [3.63, 3.8) is 0 Å². The minimum Gasteiger partial charge on any atom is -0.379 e. The highest BCUT2D eigenvalue weighted by Crippen LogP contribution is 2.21. The number of ether oxygens (including phenoxy) is 1. The minimum atomic E-state index is -0.0289. The molecule has 2 heterocycles. The number of fused-ring (bicyclic) bond motifs is 1. The quantitative estimate of drug-likeness (QED) is 0.775. The summed E-state index contributed by atoms with van der Waals surface area (Å²) < 4.78 is 5.24. The number of benzene rings is 1. The summed E-state index contributed by atoms with van der Waals surface area (Å²) in [7, 11) is 0. The van der Waals surface area contributed by atoms with Gasteiger partial charge in [0.05, 0.1) is 13.2 Å². The Labute approximate surface area is 100 Å². The molecule has 0 bridgehead atoms. The average Bonchev–Trinajstić information content (AvgIpc) is 2.86. The van der Waals surface area contributed by atoms with Gasteiger partial charge in [-0.1, -0.05) is 18.2 Å². The maximum absolute atomic E-state index is 12.2. The first-order chi connectivity index (χ1) is 8.34. The van der Waals surface area contributed by atoms with Crippen molar-refractivity contribution < 1.29 is 14.4 Å². The minimum absolute atomic E-state index is 0.0289. The van der Waals surface area contributed by atoms with Crippen LogP contribution in [0, 0.1) is 0 Å². The molecule has 0 aromatic heterocycles. The maximum atomic E-state index is 12.2. The zero-order valence-corrected chi connectivity index (χ0v) is 9.59. The van der Waals surface area contributed by atoms with Crippen molar-refractivity contribution in [3.8, 4) is 0 Å². The van der Waals surface area contributed by atoms with E-state index in [2.05, 4.69) is 0 Å². The summed E-state index contributed by atoms with van der Waals surface area (Å²) in [6.45, 7) is 1.95. The van der Waals surface area contributed by atoms with Crippen molar-refractivity contribution in [2.45, 2.75) is 18.9 Å². The number of amides is 1. The first kappa shape index (κ1) is 10.7. The molecule has 0 N–H and O–H groups in total. The smallest absolute Gasteiger partial charge is 0.277 e. The van der Waals surface area contributed by atoms with E-state index < -0.39 is 0 Å². The van der Waals surface area contributed by atoms with Crippen molar-refractivity contribution >= 4 is 5.91 Å². The van der Waals surface area contributed by atoms with Gasteiger partial charge in [0.2, 0.25) is 0 Å². The molecule has 0 spiro atoms. The normalized spacial score (nSPS) is 23.9. The van der Waals surface area contributed by atoms with Crippen LogP contribution in [0.3, 0.4) is 0 Å². The lowest BCUT2D eigenvalue weighted by Crippen LogP contribution is -2.40. The Hall–Kier alpha value is -1.39. The van der Waals surface area contributed by atoms with Crippen LogP contribution in [0.4, 0.5) is 0 Å². The van der Waals surface area contributed by atoms with E-state index in [0.29, 0.717) is 13.2 Å². The number of hydrogen-bond donors (Lipinski definition) is 0. The summed E-state index contributed by atoms with van der Waals surface area (Å²) in [6.07, 6.45) is 1.75. The predicted molar refractivity (Wildman–Crippen MR) is 61.5 cm³/mol. The molecule has 1 aromatic carbocycles. The fourth-order valence-corrected chi connectivity index (χ4v) is 2.28. The summed E-state index contributed by atoms with van der Waals surface area (Å²) in [5.74, 6) is -0.0289. The van der Waals surface area contributed by atoms with Crippen LogP contribution in [-0.4, -0.2) is 36.8 Å². The Kier molecular flexibility index (Phi) is 2.82. The van der Waals surface area contributed by atoms with Crippen LogP contribution < -0.4 is 0 Å². The zero-order chi connectivity index (χ0) is 11.7. The van der Waals surface area contributed by atoms with E-state index in [1.807, 2.05) is 24.3 Å². The third-order valence-electron chi connectivity index (χ3n) is 3.22. The fraction of sp³-hybridized carbons (Fsp3) is 0.462. The lowest BCUT2D eigenvalue weighted by atomic mass is 10.0. The summed E-state index contributed by atoms with van der Waals surface area (Å²) in [5, 5.41) is 1.49. The highest BCUT2D eigenvalue weighted by molar-refractivity contribution is 5.96. The van der Waals surface area contributed by atoms with Gasteiger partial charge >= 0.3 is 0 Å². The standard InChI is InChI=1S/C13H15NO3/c15-13-12-4-2-1-3-10(12)5-7-14(13)17-11-6-8-16-9-11/h1-4,11H,5-9H2/t11-/m1/s1. The third-order valence-corrected chi connectivity index (χ3v) is 3.22. The Morgan fingerprint density at radius 3 is 3.06 bits per heavy atom. The molecule has 17 heavy (non-hydrogen) atoms. The Balaban J connectivity index is 1.74. The SMILES string of the molecule is O=C1c2ccccc2CCN1O[C@@H]1CCOC1. The van der Waals surface area contributed by atoms with Crippen molar-refractivity contribution in [3.05, 3.63) is 35.4 Å². The topological polar surface area (TPSA) is 38.8 Å². The molecular weight excluding hydrogens is 218 g/mol. The van der Waals surface area contributed by atoms with Crippen molar-refractivity contribution in [1.29, 1.82) is 0 Å².